The van der Waals surface area contributed by atoms with Gasteiger partial charge in [-0.3, -0.25) is 0 Å². The van der Waals surface area contributed by atoms with Gasteiger partial charge in [0.2, 0.25) is 0 Å². The van der Waals surface area contributed by atoms with Gasteiger partial charge in [0.1, 0.15) is 11.4 Å². The van der Waals surface area contributed by atoms with Gasteiger partial charge in [-0.05, 0) is 12.5 Å². The molecule has 0 saturated carbocycles. The van der Waals surface area contributed by atoms with Crippen molar-refractivity contribution in [3.63, 3.8) is 0 Å². The van der Waals surface area contributed by atoms with Gasteiger partial charge in [-0.2, -0.15) is 13.2 Å². The fourth-order valence-electron chi connectivity index (χ4n) is 2.08. The summed E-state index contributed by atoms with van der Waals surface area (Å²) in [6.45, 7) is -0.636. The van der Waals surface area contributed by atoms with Crippen LogP contribution in [0.15, 0.2) is 12.3 Å². The van der Waals surface area contributed by atoms with Crippen LogP contribution in [0.3, 0.4) is 0 Å². The Morgan fingerprint density at radius 1 is 1.32 bits per heavy atom. The first-order valence-corrected chi connectivity index (χ1v) is 5.64. The summed E-state index contributed by atoms with van der Waals surface area (Å²) in [5.74, 6) is -3.48. The van der Waals surface area contributed by atoms with Crippen molar-refractivity contribution in [1.82, 2.24) is 4.98 Å². The molecule has 3 nitrogen and oxygen atoms in total. The minimum atomic E-state index is -4.68. The Balaban J connectivity index is 2.39. The summed E-state index contributed by atoms with van der Waals surface area (Å²) in [6, 6.07) is 0.717. The first kappa shape index (κ1) is 13.8. The molecule has 0 aliphatic carbocycles. The van der Waals surface area contributed by atoms with Gasteiger partial charge in [-0.25, -0.2) is 13.8 Å². The van der Waals surface area contributed by atoms with Crippen LogP contribution in [0.1, 0.15) is 18.4 Å². The average molecular weight is 281 g/mol. The average Bonchev–Trinajstić information content (AvgIpc) is 2.26. The lowest BCUT2D eigenvalue weighted by atomic mass is 10.1. The molecule has 0 radical (unpaired) electrons. The van der Waals surface area contributed by atoms with Crippen LogP contribution < -0.4 is 10.6 Å². The van der Waals surface area contributed by atoms with Gasteiger partial charge in [-0.15, -0.1) is 0 Å². The fraction of sp³-hybridized carbons (Fsp3) is 0.545. The van der Waals surface area contributed by atoms with Gasteiger partial charge in [0.05, 0.1) is 18.4 Å². The predicted molar refractivity (Wildman–Crippen MR) is 60.0 cm³/mol. The lowest BCUT2D eigenvalue weighted by Gasteiger charge is -2.34. The second-order valence-electron chi connectivity index (χ2n) is 4.52. The molecule has 1 aliphatic heterocycles. The zero-order valence-corrected chi connectivity index (χ0v) is 9.84. The molecular formula is C11H12F5N3. The van der Waals surface area contributed by atoms with Crippen molar-refractivity contribution in [1.29, 1.82) is 0 Å². The normalized spacial score (nSPS) is 19.5. The van der Waals surface area contributed by atoms with E-state index in [0.717, 1.165) is 17.2 Å². The van der Waals surface area contributed by atoms with Crippen LogP contribution in [-0.4, -0.2) is 24.0 Å². The molecular weight excluding hydrogens is 269 g/mol. The van der Waals surface area contributed by atoms with Crippen LogP contribution >= 0.6 is 0 Å². The van der Waals surface area contributed by atoms with Crippen molar-refractivity contribution in [2.45, 2.75) is 24.9 Å². The highest BCUT2D eigenvalue weighted by atomic mass is 19.4. The third kappa shape index (κ3) is 3.05. The van der Waals surface area contributed by atoms with E-state index in [0.29, 0.717) is 0 Å². The molecule has 8 heteroatoms. The molecule has 0 spiro atoms. The Morgan fingerprint density at radius 2 is 2.00 bits per heavy atom. The molecule has 0 aromatic carbocycles. The molecule has 0 amide bonds. The van der Waals surface area contributed by atoms with E-state index < -0.39 is 30.0 Å². The largest absolute Gasteiger partial charge is 0.420 e. The van der Waals surface area contributed by atoms with Crippen LogP contribution in [0.5, 0.6) is 0 Å². The number of piperidine rings is 1. The highest BCUT2D eigenvalue weighted by Crippen LogP contribution is 2.38. The lowest BCUT2D eigenvalue weighted by Crippen LogP contribution is -2.43. The maximum Gasteiger partial charge on any atom is 0.420 e. The van der Waals surface area contributed by atoms with E-state index in [1.165, 1.54) is 0 Å². The number of rotatable bonds is 1. The summed E-state index contributed by atoms with van der Waals surface area (Å²) in [4.78, 5) is 4.55. The summed E-state index contributed by atoms with van der Waals surface area (Å²) < 4.78 is 65.1. The number of pyridine rings is 1. The quantitative estimate of drug-likeness (QED) is 0.805. The molecule has 1 aromatic heterocycles. The fourth-order valence-corrected chi connectivity index (χ4v) is 2.08. The van der Waals surface area contributed by atoms with Gasteiger partial charge < -0.3 is 10.6 Å². The Kier molecular flexibility index (Phi) is 3.27. The monoisotopic (exact) mass is 281 g/mol. The molecule has 2 heterocycles. The van der Waals surface area contributed by atoms with Crippen molar-refractivity contribution >= 4 is 11.5 Å². The minimum absolute atomic E-state index is 0.121. The number of nitrogens with zero attached hydrogens (tertiary/aromatic N) is 2. The van der Waals surface area contributed by atoms with Crippen molar-refractivity contribution in [3.8, 4) is 0 Å². The number of aromatic nitrogens is 1. The second kappa shape index (κ2) is 4.50. The van der Waals surface area contributed by atoms with Gasteiger partial charge >= 0.3 is 6.18 Å². The van der Waals surface area contributed by atoms with Crippen LogP contribution in [0.2, 0.25) is 0 Å². The van der Waals surface area contributed by atoms with Crippen LogP contribution in [0, 0.1) is 0 Å². The van der Waals surface area contributed by atoms with E-state index in [9.17, 15) is 22.0 Å². The Labute approximate surface area is 106 Å². The zero-order chi connectivity index (χ0) is 14.3. The first-order valence-electron chi connectivity index (χ1n) is 5.64. The summed E-state index contributed by atoms with van der Waals surface area (Å²) in [5.41, 5.74) is 4.05. The van der Waals surface area contributed by atoms with E-state index in [1.807, 2.05) is 0 Å². The topological polar surface area (TPSA) is 42.1 Å². The molecule has 1 fully saturated rings. The van der Waals surface area contributed by atoms with Gasteiger partial charge in [-0.1, -0.05) is 0 Å². The lowest BCUT2D eigenvalue weighted by molar-refractivity contribution is -0.137. The third-order valence-electron chi connectivity index (χ3n) is 2.89. The molecule has 0 atom stereocenters. The Hall–Kier alpha value is -1.60. The second-order valence-corrected chi connectivity index (χ2v) is 4.52. The number of halogens is 5. The summed E-state index contributed by atoms with van der Waals surface area (Å²) in [7, 11) is 0. The Bertz CT molecular complexity index is 472. The SMILES string of the molecule is Nc1cnc(N2CCCC(F)(F)C2)c(C(F)(F)F)c1. The summed E-state index contributed by atoms with van der Waals surface area (Å²) in [5, 5.41) is 0. The van der Waals surface area contributed by atoms with Crippen molar-refractivity contribution in [2.24, 2.45) is 0 Å². The minimum Gasteiger partial charge on any atom is -0.397 e. The van der Waals surface area contributed by atoms with Gasteiger partial charge in [0, 0.05) is 13.0 Å². The highest BCUT2D eigenvalue weighted by molar-refractivity contribution is 5.55. The maximum atomic E-state index is 13.3. The number of hydrogen-bond acceptors (Lipinski definition) is 3. The molecule has 1 saturated heterocycles. The number of alkyl halides is 5. The highest BCUT2D eigenvalue weighted by Gasteiger charge is 2.40. The summed E-state index contributed by atoms with van der Waals surface area (Å²) >= 11 is 0. The molecule has 19 heavy (non-hydrogen) atoms. The van der Waals surface area contributed by atoms with Crippen LogP contribution in [0.25, 0.3) is 0 Å². The molecule has 1 aliphatic rings. The van der Waals surface area contributed by atoms with Gasteiger partial charge in [0.15, 0.2) is 0 Å². The predicted octanol–water partition coefficient (Wildman–Crippen LogP) is 2.92. The maximum absolute atomic E-state index is 13.3. The van der Waals surface area contributed by atoms with E-state index >= 15 is 0 Å². The smallest absolute Gasteiger partial charge is 0.397 e. The number of hydrogen-bond donors (Lipinski definition) is 1. The molecule has 106 valence electrons. The zero-order valence-electron chi connectivity index (χ0n) is 9.84. The molecule has 0 unspecified atom stereocenters. The third-order valence-corrected chi connectivity index (χ3v) is 2.89. The van der Waals surface area contributed by atoms with Crippen molar-refractivity contribution in [3.05, 3.63) is 17.8 Å². The van der Waals surface area contributed by atoms with Gasteiger partial charge in [0.25, 0.3) is 5.92 Å². The van der Waals surface area contributed by atoms with E-state index in [2.05, 4.69) is 4.98 Å². The van der Waals surface area contributed by atoms with E-state index in [4.69, 9.17) is 5.73 Å². The number of nitrogens with two attached hydrogens (primary N) is 1. The van der Waals surface area contributed by atoms with E-state index in [1.54, 1.807) is 0 Å². The standard InChI is InChI=1S/C11H12F5N3/c12-10(13)2-1-3-19(6-10)9-8(11(14,15)16)4-7(17)5-18-9/h4-5H,1-3,6,17H2. The molecule has 2 N–H and O–H groups in total. The van der Waals surface area contributed by atoms with Crippen molar-refractivity contribution < 1.29 is 22.0 Å². The van der Waals surface area contributed by atoms with Crippen molar-refractivity contribution in [2.75, 3.05) is 23.7 Å². The summed E-state index contributed by atoms with van der Waals surface area (Å²) in [6.07, 6.45) is -3.84. The van der Waals surface area contributed by atoms with Crippen LogP contribution in [-0.2, 0) is 6.18 Å². The molecule has 1 aromatic rings. The molecule has 2 rings (SSSR count). The van der Waals surface area contributed by atoms with E-state index in [-0.39, 0.29) is 25.1 Å². The van der Waals surface area contributed by atoms with Crippen LogP contribution in [0.4, 0.5) is 33.5 Å². The number of anilines is 2. The number of nitrogen functional groups attached to an aromatic ring is 1. The first-order chi connectivity index (χ1) is 8.69. The Morgan fingerprint density at radius 3 is 2.58 bits per heavy atom. The molecule has 0 bridgehead atoms.